The molecule has 0 spiro atoms. The van der Waals surface area contributed by atoms with Crippen LogP contribution >= 0.6 is 0 Å². The van der Waals surface area contributed by atoms with Crippen molar-refractivity contribution >= 4 is 21.7 Å². The number of carbonyl (C=O) groups excluding carboxylic acids is 1. The fraction of sp³-hybridized carbons (Fsp3) is 0.263. The lowest BCUT2D eigenvalue weighted by molar-refractivity contribution is -0.116. The maximum Gasteiger partial charge on any atom is 0.238 e. The molecule has 146 valence electrons. The summed E-state index contributed by atoms with van der Waals surface area (Å²) in [6, 6.07) is 10.2. The highest BCUT2D eigenvalue weighted by atomic mass is 32.2. The van der Waals surface area contributed by atoms with Crippen molar-refractivity contribution in [3.05, 3.63) is 59.5 Å². The Balaban J connectivity index is 1.80. The van der Waals surface area contributed by atoms with Crippen LogP contribution in [0.1, 0.15) is 49.1 Å². The first kappa shape index (κ1) is 18.5. The van der Waals surface area contributed by atoms with E-state index in [2.05, 4.69) is 29.4 Å². The summed E-state index contributed by atoms with van der Waals surface area (Å²) in [6.45, 7) is 4.15. The van der Waals surface area contributed by atoms with E-state index >= 15 is 0 Å². The number of nitrogens with two attached hydrogens (primary N) is 1. The normalized spacial score (nSPS) is 16.9. The second-order valence-corrected chi connectivity index (χ2v) is 8.76. The van der Waals surface area contributed by atoms with E-state index < -0.39 is 10.0 Å². The fourth-order valence-electron chi connectivity index (χ4n) is 3.68. The molecule has 2 aromatic heterocycles. The predicted octanol–water partition coefficient (Wildman–Crippen LogP) is 2.45. The number of primary sulfonamides is 1. The van der Waals surface area contributed by atoms with Gasteiger partial charge in [0, 0.05) is 41.2 Å². The lowest BCUT2D eigenvalue weighted by atomic mass is 9.86. The maximum atomic E-state index is 12.3. The number of fused-ring (bicyclic) bond motifs is 1. The summed E-state index contributed by atoms with van der Waals surface area (Å²) in [5.74, 6) is 0.554. The average Bonchev–Trinajstić information content (AvgIpc) is 3.27. The van der Waals surface area contributed by atoms with Crippen molar-refractivity contribution in [3.8, 4) is 5.69 Å². The van der Waals surface area contributed by atoms with Gasteiger partial charge in [0.2, 0.25) is 15.9 Å². The van der Waals surface area contributed by atoms with Gasteiger partial charge in [-0.25, -0.2) is 13.6 Å². The molecule has 0 saturated carbocycles. The van der Waals surface area contributed by atoms with Gasteiger partial charge in [0.1, 0.15) is 0 Å². The second kappa shape index (κ2) is 6.61. The van der Waals surface area contributed by atoms with Gasteiger partial charge < -0.3 is 9.88 Å². The lowest BCUT2D eigenvalue weighted by Gasteiger charge is -2.25. The Kier molecular flexibility index (Phi) is 4.35. The highest BCUT2D eigenvalue weighted by molar-refractivity contribution is 7.89. The summed E-state index contributed by atoms with van der Waals surface area (Å²) >= 11 is 0. The molecular formula is C19H21N5O3S. The average molecular weight is 399 g/mol. The molecule has 0 bridgehead atoms. The molecule has 4 N–H and O–H groups in total. The molecule has 1 aromatic carbocycles. The minimum Gasteiger partial charge on any atom is -0.320 e. The Morgan fingerprint density at radius 3 is 2.57 bits per heavy atom. The Morgan fingerprint density at radius 1 is 1.21 bits per heavy atom. The number of hydrogen-bond donors (Lipinski definition) is 3. The molecule has 1 unspecified atom stereocenters. The first-order valence-corrected chi connectivity index (χ1v) is 10.5. The van der Waals surface area contributed by atoms with E-state index in [4.69, 9.17) is 5.14 Å². The molecule has 0 saturated heterocycles. The third-order valence-corrected chi connectivity index (χ3v) is 5.92. The van der Waals surface area contributed by atoms with Crippen molar-refractivity contribution in [1.29, 1.82) is 0 Å². The number of sulfonamides is 1. The van der Waals surface area contributed by atoms with Crippen LogP contribution in [0.4, 0.5) is 5.82 Å². The van der Waals surface area contributed by atoms with Crippen molar-refractivity contribution in [2.24, 2.45) is 5.14 Å². The highest BCUT2D eigenvalue weighted by Crippen LogP contribution is 2.41. The van der Waals surface area contributed by atoms with Gasteiger partial charge in [-0.15, -0.1) is 0 Å². The number of aromatic amines is 1. The number of amides is 1. The number of nitrogens with one attached hydrogen (secondary N) is 2. The number of carbonyl (C=O) groups is 1. The number of benzene rings is 1. The molecule has 1 amide bonds. The molecule has 0 radical (unpaired) electrons. The van der Waals surface area contributed by atoms with E-state index in [0.717, 1.165) is 22.6 Å². The minimum absolute atomic E-state index is 0.0567. The summed E-state index contributed by atoms with van der Waals surface area (Å²) in [6.07, 6.45) is 2.20. The van der Waals surface area contributed by atoms with Gasteiger partial charge >= 0.3 is 0 Å². The molecule has 28 heavy (non-hydrogen) atoms. The smallest absolute Gasteiger partial charge is 0.238 e. The van der Waals surface area contributed by atoms with E-state index in [1.807, 2.05) is 22.9 Å². The highest BCUT2D eigenvalue weighted by Gasteiger charge is 2.33. The van der Waals surface area contributed by atoms with E-state index in [1.54, 1.807) is 12.1 Å². The van der Waals surface area contributed by atoms with Gasteiger partial charge in [0.05, 0.1) is 4.90 Å². The number of aromatic nitrogens is 3. The van der Waals surface area contributed by atoms with Crippen LogP contribution in [0.2, 0.25) is 0 Å². The number of hydrogen-bond acceptors (Lipinski definition) is 4. The van der Waals surface area contributed by atoms with Crippen molar-refractivity contribution in [3.63, 3.8) is 0 Å². The van der Waals surface area contributed by atoms with Crippen LogP contribution in [0.25, 0.3) is 5.69 Å². The first-order valence-electron chi connectivity index (χ1n) is 8.94. The lowest BCUT2D eigenvalue weighted by Crippen LogP contribution is -2.25. The van der Waals surface area contributed by atoms with Crippen LogP contribution in [0, 0.1) is 0 Å². The molecule has 8 nitrogen and oxygen atoms in total. The van der Waals surface area contributed by atoms with Gasteiger partial charge in [-0.2, -0.15) is 5.10 Å². The molecular weight excluding hydrogens is 378 g/mol. The fourth-order valence-corrected chi connectivity index (χ4v) is 4.20. The maximum absolute atomic E-state index is 12.3. The molecule has 0 fully saturated rings. The molecule has 1 aliphatic heterocycles. The SMILES string of the molecule is CC(C)c1[nH]nc2c1C(c1cccn1-c1ccc(S(N)(=O)=O)cc1)CC(=O)N2. The third-order valence-electron chi connectivity index (χ3n) is 4.99. The summed E-state index contributed by atoms with van der Waals surface area (Å²) < 4.78 is 25.0. The van der Waals surface area contributed by atoms with Crippen LogP contribution in [0.15, 0.2) is 47.5 Å². The number of rotatable bonds is 4. The first-order chi connectivity index (χ1) is 13.3. The van der Waals surface area contributed by atoms with Crippen LogP contribution < -0.4 is 10.5 Å². The number of anilines is 1. The van der Waals surface area contributed by atoms with Crippen LogP contribution in [-0.4, -0.2) is 29.1 Å². The van der Waals surface area contributed by atoms with Gasteiger partial charge in [-0.05, 0) is 42.3 Å². The minimum atomic E-state index is -3.75. The van der Waals surface area contributed by atoms with Gasteiger partial charge in [-0.3, -0.25) is 9.89 Å². The summed E-state index contributed by atoms with van der Waals surface area (Å²) in [4.78, 5) is 12.3. The van der Waals surface area contributed by atoms with Crippen LogP contribution in [0.3, 0.4) is 0 Å². The molecule has 4 rings (SSSR count). The van der Waals surface area contributed by atoms with Crippen LogP contribution in [0.5, 0.6) is 0 Å². The van der Waals surface area contributed by atoms with E-state index in [-0.39, 0.29) is 22.6 Å². The topological polar surface area (TPSA) is 123 Å². The Labute approximate surface area is 162 Å². The summed E-state index contributed by atoms with van der Waals surface area (Å²) in [7, 11) is -3.75. The van der Waals surface area contributed by atoms with E-state index in [1.165, 1.54) is 12.1 Å². The molecule has 3 aromatic rings. The Morgan fingerprint density at radius 2 is 1.93 bits per heavy atom. The Bertz CT molecular complexity index is 1140. The summed E-state index contributed by atoms with van der Waals surface area (Å²) in [5, 5.41) is 15.4. The predicted molar refractivity (Wildman–Crippen MR) is 105 cm³/mol. The van der Waals surface area contributed by atoms with Crippen molar-refractivity contribution < 1.29 is 13.2 Å². The molecule has 3 heterocycles. The zero-order valence-electron chi connectivity index (χ0n) is 15.5. The van der Waals surface area contributed by atoms with Gasteiger partial charge in [-0.1, -0.05) is 13.8 Å². The molecule has 9 heteroatoms. The third kappa shape index (κ3) is 3.12. The molecule has 0 aliphatic carbocycles. The summed E-state index contributed by atoms with van der Waals surface area (Å²) in [5.41, 5.74) is 3.71. The molecule has 1 aliphatic rings. The van der Waals surface area contributed by atoms with Crippen LogP contribution in [-0.2, 0) is 14.8 Å². The largest absolute Gasteiger partial charge is 0.320 e. The monoisotopic (exact) mass is 399 g/mol. The standard InChI is InChI=1S/C19H21N5O3S/c1-11(2)18-17-14(10-16(25)21-19(17)23-22-18)15-4-3-9-24(15)12-5-7-13(8-6-12)28(20,26)27/h3-9,11,14H,10H2,1-2H3,(H2,20,26,27)(H2,21,22,23,25). The van der Waals surface area contributed by atoms with Crippen molar-refractivity contribution in [2.45, 2.75) is 37.0 Å². The van der Waals surface area contributed by atoms with E-state index in [0.29, 0.717) is 12.2 Å². The zero-order valence-corrected chi connectivity index (χ0v) is 16.3. The Hall–Kier alpha value is -2.91. The number of H-pyrrole nitrogens is 1. The number of nitrogens with zero attached hydrogens (tertiary/aromatic N) is 2. The van der Waals surface area contributed by atoms with E-state index in [9.17, 15) is 13.2 Å². The second-order valence-electron chi connectivity index (χ2n) is 7.20. The quantitative estimate of drug-likeness (QED) is 0.623. The van der Waals surface area contributed by atoms with Gasteiger partial charge in [0.15, 0.2) is 5.82 Å². The van der Waals surface area contributed by atoms with Gasteiger partial charge in [0.25, 0.3) is 0 Å². The zero-order chi connectivity index (χ0) is 20.1. The van der Waals surface area contributed by atoms with Crippen molar-refractivity contribution in [1.82, 2.24) is 14.8 Å². The molecule has 1 atom stereocenters. The van der Waals surface area contributed by atoms with Crippen molar-refractivity contribution in [2.75, 3.05) is 5.32 Å².